The molecule has 0 radical (unpaired) electrons. The van der Waals surface area contributed by atoms with Crippen LogP contribution in [0.5, 0.6) is 0 Å². The molecule has 1 unspecified atom stereocenters. The fraction of sp³-hybridized carbons (Fsp3) is 0.600. The lowest BCUT2D eigenvalue weighted by Gasteiger charge is -2.28. The minimum absolute atomic E-state index is 0.401. The average molecular weight is 266 g/mol. The second-order valence-corrected chi connectivity index (χ2v) is 4.63. The smallest absolute Gasteiger partial charge is 0.0615 e. The number of benzene rings is 1. The topological polar surface area (TPSA) is 33.7 Å². The number of anilines is 1. The van der Waals surface area contributed by atoms with Crippen LogP contribution in [0.1, 0.15) is 6.92 Å². The zero-order chi connectivity index (χ0) is 13.9. The first-order chi connectivity index (χ1) is 9.27. The zero-order valence-electron chi connectivity index (χ0n) is 12.3. The van der Waals surface area contributed by atoms with Crippen LogP contribution < -0.4 is 5.32 Å². The van der Waals surface area contributed by atoms with Gasteiger partial charge < -0.3 is 14.8 Å². The molecule has 0 aliphatic carbocycles. The van der Waals surface area contributed by atoms with Gasteiger partial charge in [0.05, 0.1) is 13.2 Å². The van der Waals surface area contributed by atoms with Gasteiger partial charge in [0.25, 0.3) is 0 Å². The molecular formula is C15H26N2O2. The second-order valence-electron chi connectivity index (χ2n) is 4.63. The summed E-state index contributed by atoms with van der Waals surface area (Å²) in [5, 5.41) is 3.43. The minimum Gasteiger partial charge on any atom is -0.384 e. The Hall–Kier alpha value is -1.10. The van der Waals surface area contributed by atoms with E-state index in [4.69, 9.17) is 9.47 Å². The van der Waals surface area contributed by atoms with Gasteiger partial charge in [-0.25, -0.2) is 0 Å². The number of nitrogens with zero attached hydrogens (tertiary/aromatic N) is 1. The Morgan fingerprint density at radius 3 is 2.47 bits per heavy atom. The predicted octanol–water partition coefficient (Wildman–Crippen LogP) is 2.08. The molecule has 0 fully saturated rings. The Morgan fingerprint density at radius 2 is 1.84 bits per heavy atom. The second kappa shape index (κ2) is 9.78. The van der Waals surface area contributed by atoms with Crippen LogP contribution in [0, 0.1) is 0 Å². The summed E-state index contributed by atoms with van der Waals surface area (Å²) in [6, 6.07) is 10.7. The van der Waals surface area contributed by atoms with Crippen LogP contribution in [-0.2, 0) is 9.47 Å². The molecule has 0 heterocycles. The Bertz CT molecular complexity index is 319. The molecule has 108 valence electrons. The molecule has 1 aromatic rings. The molecule has 4 nitrogen and oxygen atoms in total. The summed E-state index contributed by atoms with van der Waals surface area (Å²) >= 11 is 0. The van der Waals surface area contributed by atoms with Crippen molar-refractivity contribution in [3.8, 4) is 0 Å². The third kappa shape index (κ3) is 6.57. The van der Waals surface area contributed by atoms with E-state index in [-0.39, 0.29) is 0 Å². The summed E-state index contributed by atoms with van der Waals surface area (Å²) in [6.07, 6.45) is 0. The fourth-order valence-corrected chi connectivity index (χ4v) is 2.01. The van der Waals surface area contributed by atoms with Crippen molar-refractivity contribution in [3.05, 3.63) is 30.3 Å². The molecule has 0 saturated carbocycles. The molecule has 0 aromatic heterocycles. The van der Waals surface area contributed by atoms with Crippen molar-refractivity contribution >= 4 is 5.69 Å². The number of para-hydroxylation sites is 1. The Morgan fingerprint density at radius 1 is 1.11 bits per heavy atom. The predicted molar refractivity (Wildman–Crippen MR) is 79.7 cm³/mol. The molecular weight excluding hydrogens is 240 g/mol. The van der Waals surface area contributed by atoms with Gasteiger partial charge in [0, 0.05) is 45.6 Å². The summed E-state index contributed by atoms with van der Waals surface area (Å²) in [4.78, 5) is 2.38. The van der Waals surface area contributed by atoms with Gasteiger partial charge in [0.2, 0.25) is 0 Å². The number of methoxy groups -OCH3 is 2. The summed E-state index contributed by atoms with van der Waals surface area (Å²) in [5.74, 6) is 0. The highest BCUT2D eigenvalue weighted by Crippen LogP contribution is 2.05. The number of rotatable bonds is 10. The van der Waals surface area contributed by atoms with E-state index >= 15 is 0 Å². The van der Waals surface area contributed by atoms with Crippen molar-refractivity contribution < 1.29 is 9.47 Å². The molecule has 0 amide bonds. The van der Waals surface area contributed by atoms with Crippen LogP contribution in [0.25, 0.3) is 0 Å². The summed E-state index contributed by atoms with van der Waals surface area (Å²) in [7, 11) is 3.48. The molecule has 0 aliphatic rings. The Balaban J connectivity index is 2.35. The average Bonchev–Trinajstić information content (AvgIpc) is 2.44. The van der Waals surface area contributed by atoms with Crippen molar-refractivity contribution in [1.82, 2.24) is 4.90 Å². The van der Waals surface area contributed by atoms with Gasteiger partial charge in [-0.3, -0.25) is 4.90 Å². The van der Waals surface area contributed by atoms with Crippen LogP contribution in [0.3, 0.4) is 0 Å². The van der Waals surface area contributed by atoms with Gasteiger partial charge in [-0.05, 0) is 19.1 Å². The molecule has 1 rings (SSSR count). The number of hydrogen-bond donors (Lipinski definition) is 1. The van der Waals surface area contributed by atoms with Crippen molar-refractivity contribution in [2.24, 2.45) is 0 Å². The molecule has 1 atom stereocenters. The van der Waals surface area contributed by atoms with E-state index in [1.54, 1.807) is 14.2 Å². The first-order valence-electron chi connectivity index (χ1n) is 6.78. The van der Waals surface area contributed by atoms with Crippen molar-refractivity contribution in [3.63, 3.8) is 0 Å². The maximum absolute atomic E-state index is 5.23. The lowest BCUT2D eigenvalue weighted by molar-refractivity contribution is 0.0777. The van der Waals surface area contributed by atoms with Crippen LogP contribution >= 0.6 is 0 Å². The lowest BCUT2D eigenvalue weighted by atomic mass is 10.3. The van der Waals surface area contributed by atoms with Gasteiger partial charge >= 0.3 is 0 Å². The molecule has 1 N–H and O–H groups in total. The van der Waals surface area contributed by atoms with E-state index in [0.29, 0.717) is 6.04 Å². The quantitative estimate of drug-likeness (QED) is 0.703. The minimum atomic E-state index is 0.401. The SMILES string of the molecule is COCCN(CCNc1ccccc1)C(C)COC. The maximum Gasteiger partial charge on any atom is 0.0615 e. The van der Waals surface area contributed by atoms with Crippen molar-refractivity contribution in [2.45, 2.75) is 13.0 Å². The van der Waals surface area contributed by atoms with E-state index in [1.165, 1.54) is 0 Å². The van der Waals surface area contributed by atoms with E-state index in [0.717, 1.165) is 38.5 Å². The third-order valence-electron chi connectivity index (χ3n) is 3.12. The molecule has 0 saturated heterocycles. The third-order valence-corrected chi connectivity index (χ3v) is 3.12. The summed E-state index contributed by atoms with van der Waals surface area (Å²) < 4.78 is 10.4. The molecule has 0 aliphatic heterocycles. The number of ether oxygens (including phenoxy) is 2. The fourth-order valence-electron chi connectivity index (χ4n) is 2.01. The van der Waals surface area contributed by atoms with Crippen LogP contribution in [0.15, 0.2) is 30.3 Å². The van der Waals surface area contributed by atoms with Gasteiger partial charge in [-0.1, -0.05) is 18.2 Å². The van der Waals surface area contributed by atoms with Crippen LogP contribution in [-0.4, -0.2) is 58.0 Å². The monoisotopic (exact) mass is 266 g/mol. The van der Waals surface area contributed by atoms with E-state index in [1.807, 2.05) is 18.2 Å². The van der Waals surface area contributed by atoms with Gasteiger partial charge in [0.1, 0.15) is 0 Å². The molecule has 0 bridgehead atoms. The highest BCUT2D eigenvalue weighted by atomic mass is 16.5. The molecule has 4 heteroatoms. The van der Waals surface area contributed by atoms with Gasteiger partial charge in [-0.2, -0.15) is 0 Å². The van der Waals surface area contributed by atoms with Gasteiger partial charge in [0.15, 0.2) is 0 Å². The maximum atomic E-state index is 5.23. The highest BCUT2D eigenvalue weighted by molar-refractivity contribution is 5.42. The lowest BCUT2D eigenvalue weighted by Crippen LogP contribution is -2.41. The summed E-state index contributed by atoms with van der Waals surface area (Å²) in [6.45, 7) is 6.50. The van der Waals surface area contributed by atoms with E-state index in [2.05, 4.69) is 29.3 Å². The number of nitrogens with one attached hydrogen (secondary N) is 1. The standard InChI is InChI=1S/C15H26N2O2/c1-14(13-19-3)17(11-12-18-2)10-9-16-15-7-5-4-6-8-15/h4-8,14,16H,9-13H2,1-3H3. The van der Waals surface area contributed by atoms with E-state index < -0.39 is 0 Å². The largest absolute Gasteiger partial charge is 0.384 e. The first kappa shape index (κ1) is 16.0. The number of hydrogen-bond acceptors (Lipinski definition) is 4. The molecule has 1 aromatic carbocycles. The molecule has 19 heavy (non-hydrogen) atoms. The van der Waals surface area contributed by atoms with Crippen molar-refractivity contribution in [1.29, 1.82) is 0 Å². The summed E-state index contributed by atoms with van der Waals surface area (Å²) in [5.41, 5.74) is 1.16. The van der Waals surface area contributed by atoms with E-state index in [9.17, 15) is 0 Å². The van der Waals surface area contributed by atoms with Crippen LogP contribution in [0.2, 0.25) is 0 Å². The Kier molecular flexibility index (Phi) is 8.21. The zero-order valence-corrected chi connectivity index (χ0v) is 12.3. The normalized spacial score (nSPS) is 12.6. The van der Waals surface area contributed by atoms with Crippen LogP contribution in [0.4, 0.5) is 5.69 Å². The van der Waals surface area contributed by atoms with Gasteiger partial charge in [-0.15, -0.1) is 0 Å². The highest BCUT2D eigenvalue weighted by Gasteiger charge is 2.12. The molecule has 0 spiro atoms. The van der Waals surface area contributed by atoms with Crippen molar-refractivity contribution in [2.75, 3.05) is 52.4 Å². The Labute approximate surface area is 116 Å². The first-order valence-corrected chi connectivity index (χ1v) is 6.78.